The molecule has 0 aliphatic carbocycles. The number of nitrogens with one attached hydrogen (secondary N) is 1. The van der Waals surface area contributed by atoms with E-state index in [1.807, 2.05) is 50.2 Å². The molecule has 1 saturated heterocycles. The summed E-state index contributed by atoms with van der Waals surface area (Å²) >= 11 is 0. The number of allylic oxidation sites excluding steroid dienone is 1. The van der Waals surface area contributed by atoms with Gasteiger partial charge in [0, 0.05) is 0 Å². The lowest BCUT2D eigenvalue weighted by Crippen LogP contribution is -2.54. The molecule has 0 saturated carbocycles. The van der Waals surface area contributed by atoms with Crippen molar-refractivity contribution < 1.29 is 19.1 Å². The van der Waals surface area contributed by atoms with Crippen molar-refractivity contribution >= 4 is 29.6 Å². The number of ether oxygens (including phenoxy) is 1. The Morgan fingerprint density at radius 1 is 0.914 bits per heavy atom. The van der Waals surface area contributed by atoms with Crippen LogP contribution in [0.25, 0.3) is 6.08 Å². The molecule has 0 unspecified atom stereocenters. The van der Waals surface area contributed by atoms with Crippen LogP contribution >= 0.6 is 0 Å². The molecule has 4 amide bonds. The van der Waals surface area contributed by atoms with Crippen molar-refractivity contribution in [2.75, 3.05) is 4.90 Å². The van der Waals surface area contributed by atoms with Crippen LogP contribution in [0.5, 0.6) is 5.75 Å². The number of carbonyl (C=O) groups is 3. The fourth-order valence-electron chi connectivity index (χ4n) is 3.74. The molecule has 3 aromatic carbocycles. The molecule has 35 heavy (non-hydrogen) atoms. The molecule has 1 aliphatic rings. The van der Waals surface area contributed by atoms with Crippen LogP contribution in [0.2, 0.25) is 0 Å². The largest absolute Gasteiger partial charge is 0.489 e. The standard InChI is InChI=1S/C29H26N2O4/c1-4-5-23-16-22(12-15-26(23)35-18-21-10-6-19(2)7-11-21)17-25-27(32)30-29(34)31(28(25)33)24-13-8-20(3)9-14-24/h4,6-17H,1,5,18H2,2-3H3,(H,30,32,34)/b25-17+. The molecular formula is C29H26N2O4. The summed E-state index contributed by atoms with van der Waals surface area (Å²) in [5.41, 5.74) is 5.01. The lowest BCUT2D eigenvalue weighted by Gasteiger charge is -2.26. The summed E-state index contributed by atoms with van der Waals surface area (Å²) in [5, 5.41) is 2.25. The van der Waals surface area contributed by atoms with Crippen molar-refractivity contribution in [3.05, 3.63) is 113 Å². The highest BCUT2D eigenvalue weighted by molar-refractivity contribution is 6.39. The van der Waals surface area contributed by atoms with Crippen LogP contribution < -0.4 is 15.0 Å². The number of amides is 4. The minimum absolute atomic E-state index is 0.122. The van der Waals surface area contributed by atoms with E-state index in [0.717, 1.165) is 21.6 Å². The maximum absolute atomic E-state index is 13.1. The predicted molar refractivity (Wildman–Crippen MR) is 136 cm³/mol. The number of urea groups is 1. The third kappa shape index (κ3) is 5.38. The van der Waals surface area contributed by atoms with E-state index in [9.17, 15) is 14.4 Å². The molecule has 1 N–H and O–H groups in total. The molecule has 4 rings (SSSR count). The molecule has 0 radical (unpaired) electrons. The summed E-state index contributed by atoms with van der Waals surface area (Å²) in [7, 11) is 0. The van der Waals surface area contributed by atoms with E-state index in [2.05, 4.69) is 11.9 Å². The summed E-state index contributed by atoms with van der Waals surface area (Å²) in [4.78, 5) is 39.0. The Bertz CT molecular complexity index is 1320. The number of aryl methyl sites for hydroxylation is 2. The predicted octanol–water partition coefficient (Wildman–Crippen LogP) is 5.28. The second-order valence-corrected chi connectivity index (χ2v) is 8.43. The Labute approximate surface area is 204 Å². The molecule has 1 fully saturated rings. The summed E-state index contributed by atoms with van der Waals surface area (Å²) in [6.45, 7) is 8.18. The Balaban J connectivity index is 1.60. The zero-order valence-corrected chi connectivity index (χ0v) is 19.7. The molecule has 0 atom stereocenters. The highest BCUT2D eigenvalue weighted by Gasteiger charge is 2.36. The highest BCUT2D eigenvalue weighted by Crippen LogP contribution is 2.26. The highest BCUT2D eigenvalue weighted by atomic mass is 16.5. The first-order chi connectivity index (χ1) is 16.9. The molecule has 6 nitrogen and oxygen atoms in total. The minimum Gasteiger partial charge on any atom is -0.489 e. The van der Waals surface area contributed by atoms with E-state index in [1.165, 1.54) is 11.6 Å². The first-order valence-electron chi connectivity index (χ1n) is 11.3. The molecular weight excluding hydrogens is 440 g/mol. The van der Waals surface area contributed by atoms with Gasteiger partial charge in [0.2, 0.25) is 0 Å². The zero-order valence-electron chi connectivity index (χ0n) is 19.7. The summed E-state index contributed by atoms with van der Waals surface area (Å²) < 4.78 is 6.03. The molecule has 0 bridgehead atoms. The fourth-order valence-corrected chi connectivity index (χ4v) is 3.74. The Kier molecular flexibility index (Phi) is 6.92. The Morgan fingerprint density at radius 3 is 2.23 bits per heavy atom. The Hall–Kier alpha value is -4.45. The van der Waals surface area contributed by atoms with Crippen LogP contribution in [0.1, 0.15) is 27.8 Å². The van der Waals surface area contributed by atoms with Crippen LogP contribution in [-0.2, 0) is 22.6 Å². The average Bonchev–Trinajstić information content (AvgIpc) is 2.83. The van der Waals surface area contributed by atoms with Gasteiger partial charge < -0.3 is 4.74 Å². The Morgan fingerprint density at radius 2 is 1.57 bits per heavy atom. The molecule has 6 heteroatoms. The fraction of sp³-hybridized carbons (Fsp3) is 0.138. The van der Waals surface area contributed by atoms with Gasteiger partial charge in [-0.25, -0.2) is 9.69 Å². The van der Waals surface area contributed by atoms with E-state index in [1.54, 1.807) is 36.4 Å². The van der Waals surface area contributed by atoms with Gasteiger partial charge in [0.1, 0.15) is 17.9 Å². The van der Waals surface area contributed by atoms with Crippen LogP contribution in [0, 0.1) is 13.8 Å². The third-order valence-corrected chi connectivity index (χ3v) is 5.67. The van der Waals surface area contributed by atoms with E-state index >= 15 is 0 Å². The van der Waals surface area contributed by atoms with Crippen molar-refractivity contribution in [3.8, 4) is 5.75 Å². The maximum atomic E-state index is 13.1. The van der Waals surface area contributed by atoms with Gasteiger partial charge in [-0.3, -0.25) is 14.9 Å². The van der Waals surface area contributed by atoms with Gasteiger partial charge in [-0.2, -0.15) is 0 Å². The van der Waals surface area contributed by atoms with Gasteiger partial charge in [0.15, 0.2) is 0 Å². The van der Waals surface area contributed by atoms with Crippen molar-refractivity contribution in [3.63, 3.8) is 0 Å². The van der Waals surface area contributed by atoms with Crippen molar-refractivity contribution in [2.45, 2.75) is 26.9 Å². The molecule has 1 heterocycles. The van der Waals surface area contributed by atoms with Gasteiger partial charge in [-0.15, -0.1) is 6.58 Å². The summed E-state index contributed by atoms with van der Waals surface area (Å²) in [6, 6.07) is 19.7. The molecule has 0 spiro atoms. The average molecular weight is 467 g/mol. The number of nitrogens with zero attached hydrogens (tertiary/aromatic N) is 1. The maximum Gasteiger partial charge on any atom is 0.335 e. The third-order valence-electron chi connectivity index (χ3n) is 5.67. The molecule has 0 aromatic heterocycles. The number of imide groups is 2. The number of carbonyl (C=O) groups excluding carboxylic acids is 3. The quantitative estimate of drug-likeness (QED) is 0.292. The lowest BCUT2D eigenvalue weighted by atomic mass is 10.0. The number of rotatable bonds is 7. The minimum atomic E-state index is -0.770. The molecule has 3 aromatic rings. The van der Waals surface area contributed by atoms with Crippen LogP contribution in [0.3, 0.4) is 0 Å². The van der Waals surface area contributed by atoms with Gasteiger partial charge in [0.05, 0.1) is 5.69 Å². The van der Waals surface area contributed by atoms with E-state index < -0.39 is 17.8 Å². The normalized spacial score (nSPS) is 14.7. The van der Waals surface area contributed by atoms with E-state index in [-0.39, 0.29) is 5.57 Å². The van der Waals surface area contributed by atoms with Gasteiger partial charge in [-0.05, 0) is 67.3 Å². The van der Waals surface area contributed by atoms with E-state index in [4.69, 9.17) is 4.74 Å². The summed E-state index contributed by atoms with van der Waals surface area (Å²) in [5.74, 6) is -0.704. The molecule has 176 valence electrons. The van der Waals surface area contributed by atoms with Gasteiger partial charge in [0.25, 0.3) is 11.8 Å². The van der Waals surface area contributed by atoms with Gasteiger partial charge in [-0.1, -0.05) is 59.7 Å². The topological polar surface area (TPSA) is 75.7 Å². The second kappa shape index (κ2) is 10.2. The first-order valence-corrected chi connectivity index (χ1v) is 11.3. The monoisotopic (exact) mass is 466 g/mol. The lowest BCUT2D eigenvalue weighted by molar-refractivity contribution is -0.122. The van der Waals surface area contributed by atoms with Crippen LogP contribution in [-0.4, -0.2) is 17.8 Å². The number of hydrogen-bond acceptors (Lipinski definition) is 4. The number of barbiturate groups is 1. The van der Waals surface area contributed by atoms with Crippen LogP contribution in [0.15, 0.2) is 85.0 Å². The molecule has 1 aliphatic heterocycles. The van der Waals surface area contributed by atoms with Crippen molar-refractivity contribution in [2.24, 2.45) is 0 Å². The number of hydrogen-bond donors (Lipinski definition) is 1. The smallest absolute Gasteiger partial charge is 0.335 e. The number of anilines is 1. The number of benzene rings is 3. The zero-order chi connectivity index (χ0) is 24.9. The van der Waals surface area contributed by atoms with Crippen LogP contribution in [0.4, 0.5) is 10.5 Å². The SMILES string of the molecule is C=CCc1cc(/C=C2\C(=O)NC(=O)N(c3ccc(C)cc3)C2=O)ccc1OCc1ccc(C)cc1. The van der Waals surface area contributed by atoms with E-state index in [0.29, 0.717) is 30.0 Å². The summed E-state index contributed by atoms with van der Waals surface area (Å²) in [6.07, 6.45) is 3.80. The van der Waals surface area contributed by atoms with Crippen molar-refractivity contribution in [1.29, 1.82) is 0 Å². The second-order valence-electron chi connectivity index (χ2n) is 8.43. The van der Waals surface area contributed by atoms with Gasteiger partial charge >= 0.3 is 6.03 Å². The first kappa shape index (κ1) is 23.7. The van der Waals surface area contributed by atoms with Crippen molar-refractivity contribution in [1.82, 2.24) is 5.32 Å².